The maximum atomic E-state index is 8.91. The topological polar surface area (TPSA) is 46.2 Å². The van der Waals surface area contributed by atoms with Crippen LogP contribution >= 0.6 is 0 Å². The van der Waals surface area contributed by atoms with Gasteiger partial charge in [-0.3, -0.25) is 0 Å². The number of aliphatic hydroxyl groups excluding tert-OH is 1. The van der Waals surface area contributed by atoms with Crippen molar-refractivity contribution in [3.05, 3.63) is 0 Å². The Morgan fingerprint density at radius 1 is 1.38 bits per heavy atom. The van der Waals surface area contributed by atoms with Crippen molar-refractivity contribution in [1.82, 2.24) is 0 Å². The monoisotopic (exact) mass is 183 g/mol. The molecule has 2 heteroatoms. The second kappa shape index (κ2) is 2.96. The van der Waals surface area contributed by atoms with Gasteiger partial charge in [0, 0.05) is 12.6 Å². The largest absolute Gasteiger partial charge is 0.396 e. The van der Waals surface area contributed by atoms with E-state index in [0.717, 1.165) is 12.3 Å². The van der Waals surface area contributed by atoms with Gasteiger partial charge in [-0.15, -0.1) is 0 Å². The van der Waals surface area contributed by atoms with Gasteiger partial charge in [-0.25, -0.2) is 0 Å². The highest BCUT2D eigenvalue weighted by molar-refractivity contribution is 5.07. The molecule has 0 spiro atoms. The van der Waals surface area contributed by atoms with Crippen LogP contribution < -0.4 is 5.73 Å². The molecule has 3 fully saturated rings. The number of rotatable bonds is 2. The minimum absolute atomic E-state index is 0.304. The first-order chi connectivity index (χ1) is 6.07. The lowest BCUT2D eigenvalue weighted by Gasteiger charge is -2.61. The molecule has 2 bridgehead atoms. The molecule has 13 heavy (non-hydrogen) atoms. The lowest BCUT2D eigenvalue weighted by molar-refractivity contribution is -0.107. The molecule has 3 aliphatic carbocycles. The van der Waals surface area contributed by atoms with Gasteiger partial charge in [-0.2, -0.15) is 0 Å². The molecular formula is C11H21NO. The van der Waals surface area contributed by atoms with Crippen LogP contribution in [0.1, 0.15) is 33.1 Å². The van der Waals surface area contributed by atoms with Crippen molar-refractivity contribution >= 4 is 0 Å². The van der Waals surface area contributed by atoms with Crippen molar-refractivity contribution in [3.63, 3.8) is 0 Å². The van der Waals surface area contributed by atoms with Gasteiger partial charge >= 0.3 is 0 Å². The summed E-state index contributed by atoms with van der Waals surface area (Å²) in [6.45, 7) is 5.00. The van der Waals surface area contributed by atoms with Gasteiger partial charge in [-0.05, 0) is 42.4 Å². The Bertz CT molecular complexity index is 202. The standard InChI is InChI=1S/C11H21NO/c1-11(2)8-5-7(3-4-13)10(12)9(11)6-8/h7-10,13H,3-6,12H2,1-2H3/t7-,8?,9?,10+/m0/s1. The van der Waals surface area contributed by atoms with Crippen molar-refractivity contribution in [2.75, 3.05) is 6.61 Å². The molecule has 0 aromatic heterocycles. The van der Waals surface area contributed by atoms with E-state index < -0.39 is 0 Å². The highest BCUT2D eigenvalue weighted by Gasteiger charge is 2.56. The Labute approximate surface area is 80.5 Å². The van der Waals surface area contributed by atoms with Crippen molar-refractivity contribution in [2.24, 2.45) is 28.9 Å². The van der Waals surface area contributed by atoms with E-state index in [0.29, 0.717) is 29.9 Å². The molecule has 3 saturated carbocycles. The lowest BCUT2D eigenvalue weighted by atomic mass is 9.45. The molecule has 0 amide bonds. The van der Waals surface area contributed by atoms with Gasteiger partial charge in [0.25, 0.3) is 0 Å². The van der Waals surface area contributed by atoms with Gasteiger partial charge in [0.1, 0.15) is 0 Å². The van der Waals surface area contributed by atoms with Crippen LogP contribution in [-0.4, -0.2) is 17.8 Å². The smallest absolute Gasteiger partial charge is 0.0434 e. The zero-order valence-corrected chi connectivity index (χ0v) is 8.66. The maximum absolute atomic E-state index is 8.91. The van der Waals surface area contributed by atoms with E-state index >= 15 is 0 Å². The van der Waals surface area contributed by atoms with Crippen LogP contribution in [0, 0.1) is 23.2 Å². The third-order valence-electron chi connectivity index (χ3n) is 4.64. The molecule has 0 aliphatic heterocycles. The van der Waals surface area contributed by atoms with Gasteiger partial charge in [0.2, 0.25) is 0 Å². The zero-order valence-electron chi connectivity index (χ0n) is 8.66. The Balaban J connectivity index is 2.03. The number of nitrogens with two attached hydrogens (primary N) is 1. The predicted octanol–water partition coefficient (Wildman–Crippen LogP) is 1.38. The molecule has 0 saturated heterocycles. The van der Waals surface area contributed by atoms with Crippen LogP contribution in [0.15, 0.2) is 0 Å². The fourth-order valence-electron chi connectivity index (χ4n) is 3.44. The Kier molecular flexibility index (Phi) is 2.16. The molecule has 2 unspecified atom stereocenters. The molecule has 0 aromatic rings. The van der Waals surface area contributed by atoms with E-state index in [1.165, 1.54) is 12.8 Å². The summed E-state index contributed by atoms with van der Waals surface area (Å²) in [6.07, 6.45) is 3.48. The van der Waals surface area contributed by atoms with E-state index in [-0.39, 0.29) is 0 Å². The van der Waals surface area contributed by atoms with E-state index in [4.69, 9.17) is 10.8 Å². The molecule has 0 heterocycles. The van der Waals surface area contributed by atoms with Crippen molar-refractivity contribution < 1.29 is 5.11 Å². The van der Waals surface area contributed by atoms with Gasteiger partial charge in [-0.1, -0.05) is 13.8 Å². The lowest BCUT2D eigenvalue weighted by Crippen LogP contribution is -2.61. The molecule has 3 N–H and O–H groups in total. The van der Waals surface area contributed by atoms with Crippen molar-refractivity contribution in [1.29, 1.82) is 0 Å². The predicted molar refractivity (Wildman–Crippen MR) is 53.2 cm³/mol. The van der Waals surface area contributed by atoms with Crippen LogP contribution in [0.4, 0.5) is 0 Å². The Hall–Kier alpha value is -0.0800. The fraction of sp³-hybridized carbons (Fsp3) is 1.00. The van der Waals surface area contributed by atoms with Crippen molar-refractivity contribution in [3.8, 4) is 0 Å². The SMILES string of the molecule is CC1(C)C2CC1[C@H](N)[C@@H](CCO)C2. The van der Waals surface area contributed by atoms with Crippen LogP contribution in [-0.2, 0) is 0 Å². The quantitative estimate of drug-likeness (QED) is 0.679. The minimum Gasteiger partial charge on any atom is -0.396 e. The second-order valence-corrected chi connectivity index (χ2v) is 5.45. The van der Waals surface area contributed by atoms with Crippen molar-refractivity contribution in [2.45, 2.75) is 39.2 Å². The van der Waals surface area contributed by atoms with Crippen LogP contribution in [0.3, 0.4) is 0 Å². The summed E-state index contributed by atoms with van der Waals surface area (Å²) in [5.74, 6) is 2.17. The zero-order chi connectivity index (χ0) is 9.64. The minimum atomic E-state index is 0.304. The van der Waals surface area contributed by atoms with E-state index in [9.17, 15) is 0 Å². The second-order valence-electron chi connectivity index (χ2n) is 5.45. The van der Waals surface area contributed by atoms with Crippen LogP contribution in [0.5, 0.6) is 0 Å². The summed E-state index contributed by atoms with van der Waals surface area (Å²) >= 11 is 0. The number of hydrogen-bond acceptors (Lipinski definition) is 2. The normalized spacial score (nSPS) is 47.1. The third kappa shape index (κ3) is 1.23. The summed E-state index contributed by atoms with van der Waals surface area (Å²) in [5.41, 5.74) is 6.69. The maximum Gasteiger partial charge on any atom is 0.0434 e. The first kappa shape index (κ1) is 9.47. The number of aliphatic hydroxyl groups is 1. The van der Waals surface area contributed by atoms with E-state index in [1.807, 2.05) is 0 Å². The van der Waals surface area contributed by atoms with E-state index in [1.54, 1.807) is 0 Å². The molecule has 4 atom stereocenters. The van der Waals surface area contributed by atoms with Crippen LogP contribution in [0.25, 0.3) is 0 Å². The number of hydrogen-bond donors (Lipinski definition) is 2. The molecule has 2 nitrogen and oxygen atoms in total. The number of fused-ring (bicyclic) bond motifs is 2. The summed E-state index contributed by atoms with van der Waals surface area (Å²) in [7, 11) is 0. The highest BCUT2D eigenvalue weighted by atomic mass is 16.3. The third-order valence-corrected chi connectivity index (χ3v) is 4.64. The summed E-state index contributed by atoms with van der Waals surface area (Å²) in [5, 5.41) is 8.91. The average Bonchev–Trinajstić information content (AvgIpc) is 2.08. The average molecular weight is 183 g/mol. The first-order valence-corrected chi connectivity index (χ1v) is 5.43. The van der Waals surface area contributed by atoms with E-state index in [2.05, 4.69) is 13.8 Å². The van der Waals surface area contributed by atoms with Gasteiger partial charge in [0.05, 0.1) is 0 Å². The Morgan fingerprint density at radius 3 is 2.54 bits per heavy atom. The molecular weight excluding hydrogens is 162 g/mol. The highest BCUT2D eigenvalue weighted by Crippen LogP contribution is 2.60. The fourth-order valence-corrected chi connectivity index (χ4v) is 3.44. The molecule has 0 radical (unpaired) electrons. The molecule has 76 valence electrons. The summed E-state index contributed by atoms with van der Waals surface area (Å²) < 4.78 is 0. The van der Waals surface area contributed by atoms with Crippen LogP contribution in [0.2, 0.25) is 0 Å². The first-order valence-electron chi connectivity index (χ1n) is 5.43. The molecule has 3 rings (SSSR count). The Morgan fingerprint density at radius 2 is 2.08 bits per heavy atom. The molecule has 0 aromatic carbocycles. The van der Waals surface area contributed by atoms with Gasteiger partial charge < -0.3 is 10.8 Å². The molecule has 3 aliphatic rings. The summed E-state index contributed by atoms with van der Waals surface area (Å²) in [6, 6.07) is 0.340. The van der Waals surface area contributed by atoms with Gasteiger partial charge in [0.15, 0.2) is 0 Å². The summed E-state index contributed by atoms with van der Waals surface area (Å²) in [4.78, 5) is 0.